The van der Waals surface area contributed by atoms with Crippen LogP contribution in [0.2, 0.25) is 0 Å². The van der Waals surface area contributed by atoms with Crippen molar-refractivity contribution in [1.29, 1.82) is 0 Å². The number of aromatic amines is 1. The van der Waals surface area contributed by atoms with Crippen LogP contribution in [0.15, 0.2) is 24.7 Å². The maximum absolute atomic E-state index is 11.8. The molecule has 0 radical (unpaired) electrons. The van der Waals surface area contributed by atoms with Crippen LogP contribution in [0.1, 0.15) is 31.9 Å². The Bertz CT molecular complexity index is 733. The lowest BCUT2D eigenvalue weighted by atomic mass is 9.81. The average molecular weight is 282 g/mol. The normalized spacial score (nSPS) is 25.0. The summed E-state index contributed by atoms with van der Waals surface area (Å²) in [7, 11) is 0. The number of hydrogen-bond donors (Lipinski definition) is 1. The van der Waals surface area contributed by atoms with Crippen LogP contribution in [-0.4, -0.2) is 38.3 Å². The van der Waals surface area contributed by atoms with Crippen LogP contribution in [0.25, 0.3) is 16.6 Å². The molecule has 5 nitrogen and oxygen atoms in total. The molecule has 1 aliphatic carbocycles. The van der Waals surface area contributed by atoms with Crippen molar-refractivity contribution in [3.05, 3.63) is 30.4 Å². The lowest BCUT2D eigenvalue weighted by molar-refractivity contribution is -0.129. The van der Waals surface area contributed by atoms with Crippen molar-refractivity contribution in [2.75, 3.05) is 6.54 Å². The minimum Gasteiger partial charge on any atom is -0.346 e. The number of likely N-dealkylation sites (tertiary alicyclic amines) is 1. The van der Waals surface area contributed by atoms with Gasteiger partial charge in [-0.3, -0.25) is 4.79 Å². The van der Waals surface area contributed by atoms with Crippen molar-refractivity contribution in [3.63, 3.8) is 0 Å². The summed E-state index contributed by atoms with van der Waals surface area (Å²) in [5.74, 6) is 0.605. The highest BCUT2D eigenvalue weighted by atomic mass is 16.2. The van der Waals surface area contributed by atoms with Gasteiger partial charge in [-0.15, -0.1) is 0 Å². The minimum absolute atomic E-state index is 0.193. The second kappa shape index (κ2) is 4.69. The standard InChI is InChI=1S/C16H18N4O/c1-10(21)20-8-6-11-12(3-2-4-14(11)20)15-13-5-7-17-16(13)19-9-18-15/h3,5,7,9,11,14H,2,4,6,8H2,1H3,(H,17,18,19). The highest BCUT2D eigenvalue weighted by Gasteiger charge is 2.40. The van der Waals surface area contributed by atoms with E-state index in [1.807, 2.05) is 17.2 Å². The molecule has 1 saturated heterocycles. The fraction of sp³-hybridized carbons (Fsp3) is 0.438. The predicted octanol–water partition coefficient (Wildman–Crippen LogP) is 2.37. The molecule has 1 N–H and O–H groups in total. The Hall–Kier alpha value is -2.17. The molecule has 0 saturated carbocycles. The Morgan fingerprint density at radius 3 is 3.14 bits per heavy atom. The molecular formula is C16H18N4O. The van der Waals surface area contributed by atoms with Crippen LogP contribution in [0.4, 0.5) is 0 Å². The molecule has 1 aliphatic heterocycles. The quantitative estimate of drug-likeness (QED) is 0.873. The maximum atomic E-state index is 11.8. The summed E-state index contributed by atoms with van der Waals surface area (Å²) in [6, 6.07) is 2.37. The van der Waals surface area contributed by atoms with E-state index < -0.39 is 0 Å². The fourth-order valence-electron chi connectivity index (χ4n) is 3.90. The molecule has 21 heavy (non-hydrogen) atoms. The molecule has 4 rings (SSSR count). The number of hydrogen-bond acceptors (Lipinski definition) is 3. The first-order valence-corrected chi connectivity index (χ1v) is 7.51. The molecule has 1 fully saturated rings. The summed E-state index contributed by atoms with van der Waals surface area (Å²) in [6.07, 6.45) is 8.94. The van der Waals surface area contributed by atoms with Gasteiger partial charge in [-0.05, 0) is 30.9 Å². The molecule has 0 aromatic carbocycles. The SMILES string of the molecule is CC(=O)N1CCC2C(c3ncnc4[nH]ccc34)=CCCC21. The second-order valence-corrected chi connectivity index (χ2v) is 5.87. The zero-order chi connectivity index (χ0) is 14.4. The summed E-state index contributed by atoms with van der Waals surface area (Å²) in [5, 5.41) is 1.07. The van der Waals surface area contributed by atoms with Crippen LogP contribution >= 0.6 is 0 Å². The van der Waals surface area contributed by atoms with Gasteiger partial charge in [0.05, 0.1) is 5.69 Å². The molecule has 0 bridgehead atoms. The molecular weight excluding hydrogens is 264 g/mol. The average Bonchev–Trinajstić information content (AvgIpc) is 3.12. The van der Waals surface area contributed by atoms with Gasteiger partial charge in [0, 0.05) is 37.0 Å². The van der Waals surface area contributed by atoms with Gasteiger partial charge >= 0.3 is 0 Å². The highest BCUT2D eigenvalue weighted by Crippen LogP contribution is 2.42. The number of H-pyrrole nitrogens is 1. The number of aromatic nitrogens is 3. The van der Waals surface area contributed by atoms with Crippen molar-refractivity contribution < 1.29 is 4.79 Å². The van der Waals surface area contributed by atoms with Crippen molar-refractivity contribution >= 4 is 22.5 Å². The number of rotatable bonds is 1. The van der Waals surface area contributed by atoms with Gasteiger partial charge < -0.3 is 9.88 Å². The predicted molar refractivity (Wildman–Crippen MR) is 80.4 cm³/mol. The van der Waals surface area contributed by atoms with Crippen LogP contribution in [0.3, 0.4) is 0 Å². The van der Waals surface area contributed by atoms with E-state index in [-0.39, 0.29) is 5.91 Å². The Balaban J connectivity index is 1.77. The second-order valence-electron chi connectivity index (χ2n) is 5.87. The number of allylic oxidation sites excluding steroid dienone is 1. The molecule has 1 amide bonds. The Labute approximate surface area is 123 Å². The van der Waals surface area contributed by atoms with Gasteiger partial charge in [0.15, 0.2) is 0 Å². The molecule has 2 aliphatic rings. The van der Waals surface area contributed by atoms with Crippen LogP contribution in [0.5, 0.6) is 0 Å². The molecule has 0 spiro atoms. The maximum Gasteiger partial charge on any atom is 0.219 e. The third-order valence-electron chi connectivity index (χ3n) is 4.80. The zero-order valence-electron chi connectivity index (χ0n) is 12.0. The summed E-state index contributed by atoms with van der Waals surface area (Å²) >= 11 is 0. The number of carbonyl (C=O) groups is 1. The number of amides is 1. The third-order valence-corrected chi connectivity index (χ3v) is 4.80. The van der Waals surface area contributed by atoms with Crippen molar-refractivity contribution in [1.82, 2.24) is 19.9 Å². The van der Waals surface area contributed by atoms with Crippen molar-refractivity contribution in [3.8, 4) is 0 Å². The monoisotopic (exact) mass is 282 g/mol. The Morgan fingerprint density at radius 1 is 1.38 bits per heavy atom. The molecule has 5 heteroatoms. The molecule has 2 aromatic heterocycles. The molecule has 3 heterocycles. The van der Waals surface area contributed by atoms with Gasteiger partial charge in [-0.25, -0.2) is 9.97 Å². The van der Waals surface area contributed by atoms with Crippen molar-refractivity contribution in [2.45, 2.75) is 32.2 Å². The number of nitrogens with zero attached hydrogens (tertiary/aromatic N) is 3. The van der Waals surface area contributed by atoms with Gasteiger partial charge in [-0.1, -0.05) is 6.08 Å². The largest absolute Gasteiger partial charge is 0.346 e. The van der Waals surface area contributed by atoms with Gasteiger partial charge in [0.1, 0.15) is 12.0 Å². The van der Waals surface area contributed by atoms with Crippen LogP contribution in [-0.2, 0) is 4.79 Å². The number of nitrogens with one attached hydrogen (secondary N) is 1. The number of fused-ring (bicyclic) bond motifs is 2. The van der Waals surface area contributed by atoms with Crippen molar-refractivity contribution in [2.24, 2.45) is 5.92 Å². The first-order valence-electron chi connectivity index (χ1n) is 7.51. The van der Waals surface area contributed by atoms with E-state index >= 15 is 0 Å². The number of carbonyl (C=O) groups excluding carboxylic acids is 1. The van der Waals surface area contributed by atoms with Gasteiger partial charge in [0.25, 0.3) is 0 Å². The van der Waals surface area contributed by atoms with Gasteiger partial charge in [-0.2, -0.15) is 0 Å². The van der Waals surface area contributed by atoms with Crippen LogP contribution < -0.4 is 0 Å². The van der Waals surface area contributed by atoms with E-state index in [4.69, 9.17) is 0 Å². The van der Waals surface area contributed by atoms with E-state index in [0.29, 0.717) is 12.0 Å². The molecule has 2 unspecified atom stereocenters. The Morgan fingerprint density at radius 2 is 2.29 bits per heavy atom. The highest BCUT2D eigenvalue weighted by molar-refractivity contribution is 5.89. The van der Waals surface area contributed by atoms with E-state index in [0.717, 1.165) is 42.5 Å². The first-order chi connectivity index (χ1) is 10.3. The van der Waals surface area contributed by atoms with Crippen LogP contribution in [0, 0.1) is 5.92 Å². The molecule has 2 atom stereocenters. The van der Waals surface area contributed by atoms with Gasteiger partial charge in [0.2, 0.25) is 5.91 Å². The minimum atomic E-state index is 0.193. The topological polar surface area (TPSA) is 61.9 Å². The lowest BCUT2D eigenvalue weighted by Crippen LogP contribution is -2.37. The first kappa shape index (κ1) is 12.6. The van der Waals surface area contributed by atoms with E-state index in [2.05, 4.69) is 21.0 Å². The molecule has 108 valence electrons. The summed E-state index contributed by atoms with van der Waals surface area (Å²) in [4.78, 5) is 25.8. The summed E-state index contributed by atoms with van der Waals surface area (Å²) in [5.41, 5.74) is 3.20. The fourth-order valence-corrected chi connectivity index (χ4v) is 3.90. The molecule has 2 aromatic rings. The van der Waals surface area contributed by atoms with E-state index in [1.54, 1.807) is 13.3 Å². The smallest absolute Gasteiger partial charge is 0.219 e. The van der Waals surface area contributed by atoms with E-state index in [1.165, 1.54) is 5.57 Å². The summed E-state index contributed by atoms with van der Waals surface area (Å²) < 4.78 is 0. The lowest BCUT2D eigenvalue weighted by Gasteiger charge is -2.31. The zero-order valence-corrected chi connectivity index (χ0v) is 12.0. The summed E-state index contributed by atoms with van der Waals surface area (Å²) in [6.45, 7) is 2.54. The Kier molecular flexibility index (Phi) is 2.80. The third kappa shape index (κ3) is 1.87. The van der Waals surface area contributed by atoms with E-state index in [9.17, 15) is 4.79 Å².